The average Bonchev–Trinajstić information content (AvgIpc) is 2.81. The second kappa shape index (κ2) is 6.52. The van der Waals surface area contributed by atoms with Crippen molar-refractivity contribution >= 4 is 5.91 Å². The molecule has 4 heteroatoms. The Morgan fingerprint density at radius 2 is 2.17 bits per heavy atom. The first-order valence-electron chi connectivity index (χ1n) is 6.48. The van der Waals surface area contributed by atoms with E-state index in [4.69, 9.17) is 5.11 Å². The van der Waals surface area contributed by atoms with E-state index >= 15 is 0 Å². The van der Waals surface area contributed by atoms with Gasteiger partial charge in [0.05, 0.1) is 0 Å². The SMILES string of the molecule is O=C1CCC(CNC(CCO)c2ccccc2)N1. The standard InChI is InChI=1S/C14H20N2O2/c17-9-8-13(11-4-2-1-3-5-11)15-10-12-6-7-14(18)16-12/h1-5,12-13,15,17H,6-10H2,(H,16,18). The van der Waals surface area contributed by atoms with E-state index in [1.165, 1.54) is 5.56 Å². The Labute approximate surface area is 107 Å². The van der Waals surface area contributed by atoms with E-state index in [1.807, 2.05) is 18.2 Å². The third kappa shape index (κ3) is 3.55. The van der Waals surface area contributed by atoms with Crippen molar-refractivity contribution in [3.05, 3.63) is 35.9 Å². The van der Waals surface area contributed by atoms with Crippen LogP contribution in [0.3, 0.4) is 0 Å². The van der Waals surface area contributed by atoms with Gasteiger partial charge in [-0.1, -0.05) is 30.3 Å². The maximum Gasteiger partial charge on any atom is 0.220 e. The molecule has 2 rings (SSSR count). The molecule has 18 heavy (non-hydrogen) atoms. The van der Waals surface area contributed by atoms with Crippen LogP contribution in [-0.4, -0.2) is 30.2 Å². The molecule has 1 saturated heterocycles. The van der Waals surface area contributed by atoms with Crippen LogP contribution in [-0.2, 0) is 4.79 Å². The largest absolute Gasteiger partial charge is 0.396 e. The molecular weight excluding hydrogens is 228 g/mol. The lowest BCUT2D eigenvalue weighted by Crippen LogP contribution is -2.37. The summed E-state index contributed by atoms with van der Waals surface area (Å²) in [6.07, 6.45) is 2.21. The van der Waals surface area contributed by atoms with Crippen molar-refractivity contribution in [3.8, 4) is 0 Å². The van der Waals surface area contributed by atoms with Crippen LogP contribution in [0.25, 0.3) is 0 Å². The van der Waals surface area contributed by atoms with Gasteiger partial charge >= 0.3 is 0 Å². The highest BCUT2D eigenvalue weighted by atomic mass is 16.3. The maximum atomic E-state index is 11.1. The molecule has 0 radical (unpaired) electrons. The van der Waals surface area contributed by atoms with Crippen LogP contribution in [0.5, 0.6) is 0 Å². The van der Waals surface area contributed by atoms with E-state index in [0.29, 0.717) is 12.8 Å². The van der Waals surface area contributed by atoms with Crippen LogP contribution < -0.4 is 10.6 Å². The van der Waals surface area contributed by atoms with Crippen LogP contribution in [0, 0.1) is 0 Å². The number of hydrogen-bond acceptors (Lipinski definition) is 3. The minimum atomic E-state index is 0.139. The second-order valence-electron chi connectivity index (χ2n) is 4.69. The summed E-state index contributed by atoms with van der Waals surface area (Å²) in [5.74, 6) is 0.139. The molecule has 0 aliphatic carbocycles. The quantitative estimate of drug-likeness (QED) is 0.703. The number of benzene rings is 1. The second-order valence-corrected chi connectivity index (χ2v) is 4.69. The van der Waals surface area contributed by atoms with Gasteiger partial charge in [-0.15, -0.1) is 0 Å². The molecule has 98 valence electrons. The van der Waals surface area contributed by atoms with Crippen LogP contribution in [0.2, 0.25) is 0 Å². The maximum absolute atomic E-state index is 11.1. The highest BCUT2D eigenvalue weighted by molar-refractivity contribution is 5.78. The summed E-state index contributed by atoms with van der Waals surface area (Å²) < 4.78 is 0. The predicted octanol–water partition coefficient (Wildman–Crippen LogP) is 0.978. The molecule has 0 saturated carbocycles. The van der Waals surface area contributed by atoms with Crippen LogP contribution in [0.1, 0.15) is 30.9 Å². The van der Waals surface area contributed by atoms with Crippen LogP contribution in [0.15, 0.2) is 30.3 Å². The van der Waals surface area contributed by atoms with Crippen molar-refractivity contribution in [2.75, 3.05) is 13.2 Å². The molecular formula is C14H20N2O2. The summed E-state index contributed by atoms with van der Waals surface area (Å²) in [6.45, 7) is 0.912. The highest BCUT2D eigenvalue weighted by Gasteiger charge is 2.21. The van der Waals surface area contributed by atoms with Gasteiger partial charge in [-0.05, 0) is 18.4 Å². The van der Waals surface area contributed by atoms with E-state index in [2.05, 4.69) is 22.8 Å². The highest BCUT2D eigenvalue weighted by Crippen LogP contribution is 2.16. The first-order chi connectivity index (χ1) is 8.79. The lowest BCUT2D eigenvalue weighted by Gasteiger charge is -2.20. The smallest absolute Gasteiger partial charge is 0.220 e. The van der Waals surface area contributed by atoms with E-state index < -0.39 is 0 Å². The molecule has 1 amide bonds. The van der Waals surface area contributed by atoms with Crippen molar-refractivity contribution in [1.82, 2.24) is 10.6 Å². The topological polar surface area (TPSA) is 61.4 Å². The van der Waals surface area contributed by atoms with E-state index in [-0.39, 0.29) is 24.6 Å². The van der Waals surface area contributed by atoms with Gasteiger partial charge in [-0.25, -0.2) is 0 Å². The van der Waals surface area contributed by atoms with Gasteiger partial charge in [0, 0.05) is 31.7 Å². The summed E-state index contributed by atoms with van der Waals surface area (Å²) in [7, 11) is 0. The monoisotopic (exact) mass is 248 g/mol. The molecule has 1 fully saturated rings. The molecule has 2 unspecified atom stereocenters. The lowest BCUT2D eigenvalue weighted by molar-refractivity contribution is -0.119. The summed E-state index contributed by atoms with van der Waals surface area (Å²) in [4.78, 5) is 11.1. The number of carbonyl (C=O) groups excluding carboxylic acids is 1. The fourth-order valence-corrected chi connectivity index (χ4v) is 2.32. The van der Waals surface area contributed by atoms with Crippen LogP contribution >= 0.6 is 0 Å². The summed E-state index contributed by atoms with van der Waals surface area (Å²) >= 11 is 0. The molecule has 1 aliphatic rings. The third-order valence-corrected chi connectivity index (χ3v) is 3.32. The van der Waals surface area contributed by atoms with Gasteiger partial charge in [-0.3, -0.25) is 4.79 Å². The zero-order valence-electron chi connectivity index (χ0n) is 10.4. The van der Waals surface area contributed by atoms with Gasteiger partial charge < -0.3 is 15.7 Å². The van der Waals surface area contributed by atoms with Gasteiger partial charge in [0.15, 0.2) is 0 Å². The van der Waals surface area contributed by atoms with Gasteiger partial charge in [0.1, 0.15) is 0 Å². The summed E-state index contributed by atoms with van der Waals surface area (Å²) in [5, 5.41) is 15.5. The Balaban J connectivity index is 1.88. The average molecular weight is 248 g/mol. The van der Waals surface area contributed by atoms with E-state index in [9.17, 15) is 4.79 Å². The van der Waals surface area contributed by atoms with Crippen molar-refractivity contribution in [3.63, 3.8) is 0 Å². The first kappa shape index (κ1) is 13.1. The van der Waals surface area contributed by atoms with Crippen LogP contribution in [0.4, 0.5) is 0 Å². The summed E-state index contributed by atoms with van der Waals surface area (Å²) in [6, 6.07) is 10.5. The molecule has 1 aliphatic heterocycles. The van der Waals surface area contributed by atoms with E-state index in [0.717, 1.165) is 13.0 Å². The minimum absolute atomic E-state index is 0.139. The van der Waals surface area contributed by atoms with Crippen molar-refractivity contribution in [2.45, 2.75) is 31.3 Å². The molecule has 1 aromatic carbocycles. The predicted molar refractivity (Wildman–Crippen MR) is 70.1 cm³/mol. The number of carbonyl (C=O) groups is 1. The lowest BCUT2D eigenvalue weighted by atomic mass is 10.0. The fourth-order valence-electron chi connectivity index (χ4n) is 2.32. The summed E-state index contributed by atoms with van der Waals surface area (Å²) in [5.41, 5.74) is 1.18. The zero-order valence-corrected chi connectivity index (χ0v) is 10.4. The van der Waals surface area contributed by atoms with Crippen molar-refractivity contribution < 1.29 is 9.90 Å². The molecule has 1 aromatic rings. The van der Waals surface area contributed by atoms with Gasteiger partial charge in [0.2, 0.25) is 5.91 Å². The first-order valence-corrected chi connectivity index (χ1v) is 6.48. The van der Waals surface area contributed by atoms with Gasteiger partial charge in [0.25, 0.3) is 0 Å². The van der Waals surface area contributed by atoms with E-state index in [1.54, 1.807) is 0 Å². The normalized spacial score (nSPS) is 20.7. The molecule has 0 bridgehead atoms. The zero-order chi connectivity index (χ0) is 12.8. The molecule has 0 aromatic heterocycles. The minimum Gasteiger partial charge on any atom is -0.396 e. The Morgan fingerprint density at radius 1 is 1.39 bits per heavy atom. The third-order valence-electron chi connectivity index (χ3n) is 3.32. The molecule has 0 spiro atoms. The Hall–Kier alpha value is -1.39. The Kier molecular flexibility index (Phi) is 4.73. The van der Waals surface area contributed by atoms with Crippen molar-refractivity contribution in [1.29, 1.82) is 0 Å². The Morgan fingerprint density at radius 3 is 2.78 bits per heavy atom. The van der Waals surface area contributed by atoms with Gasteiger partial charge in [-0.2, -0.15) is 0 Å². The van der Waals surface area contributed by atoms with Crippen molar-refractivity contribution in [2.24, 2.45) is 0 Å². The fraction of sp³-hybridized carbons (Fsp3) is 0.500. The number of aliphatic hydroxyl groups excluding tert-OH is 1. The number of hydrogen-bond donors (Lipinski definition) is 3. The number of rotatable bonds is 6. The number of amides is 1. The Bertz CT molecular complexity index is 381. The molecule has 2 atom stereocenters. The number of aliphatic hydroxyl groups is 1. The molecule has 1 heterocycles. The molecule has 4 nitrogen and oxygen atoms in total. The molecule has 3 N–H and O–H groups in total. The number of nitrogens with one attached hydrogen (secondary N) is 2.